The van der Waals surface area contributed by atoms with E-state index in [1.165, 1.54) is 0 Å². The maximum absolute atomic E-state index is 3.34. The van der Waals surface area contributed by atoms with E-state index in [0.717, 1.165) is 0 Å². The summed E-state index contributed by atoms with van der Waals surface area (Å²) in [5.41, 5.74) is 0. The molecule has 6 heavy (non-hydrogen) atoms. The van der Waals surface area contributed by atoms with E-state index in [0.29, 0.717) is 0 Å². The van der Waals surface area contributed by atoms with Gasteiger partial charge in [0.2, 0.25) is 0 Å². The van der Waals surface area contributed by atoms with E-state index in [4.69, 9.17) is 0 Å². The third kappa shape index (κ3) is 30.0. The van der Waals surface area contributed by atoms with Crippen molar-refractivity contribution in [2.24, 2.45) is 0 Å². The van der Waals surface area contributed by atoms with Crippen molar-refractivity contribution in [2.45, 2.75) is 0 Å². The van der Waals surface area contributed by atoms with Gasteiger partial charge in [0.05, 0.1) is 0 Å². The molecule has 40 valence electrons. The summed E-state index contributed by atoms with van der Waals surface area (Å²) in [6.45, 7) is 0. The Kier molecular flexibility index (Phi) is 8.69. The van der Waals surface area contributed by atoms with Crippen LogP contribution in [0.1, 0.15) is 0 Å². The fraction of sp³-hybridized carbons (Fsp3) is 0. The topological polar surface area (TPSA) is 31.5 Å². The Labute approximate surface area is 64.5 Å². The molecule has 0 radical (unpaired) electrons. The van der Waals surface area contributed by atoms with Crippen LogP contribution in [0, 0.1) is 0 Å². The third-order valence-corrected chi connectivity index (χ3v) is 0. The Morgan fingerprint density at radius 1 is 0.833 bits per heavy atom. The molecule has 0 saturated carbocycles. The van der Waals surface area contributed by atoms with Gasteiger partial charge in [0, 0.05) is 0 Å². The predicted molar refractivity (Wildman–Crippen MR) is 45.1 cm³/mol. The molecule has 1 nitrogen and oxygen atoms in total. The van der Waals surface area contributed by atoms with Crippen LogP contribution in [0.3, 0.4) is 0 Å². The molecule has 0 aliphatic rings. The monoisotopic (exact) mass is 454 g/mol. The normalized spacial score (nSPS) is 10.0. The maximum atomic E-state index is 3.34. The van der Waals surface area contributed by atoms with Gasteiger partial charge in [-0.1, -0.05) is 0 Å². The molecule has 0 aromatic rings. The zero-order valence-corrected chi connectivity index (χ0v) is 11.7. The SMILES string of the molecule is O.[Br][Sn]([Br])([Br])[Br]. The van der Waals surface area contributed by atoms with Gasteiger partial charge < -0.3 is 5.48 Å². The Morgan fingerprint density at radius 3 is 0.833 bits per heavy atom. The van der Waals surface area contributed by atoms with Crippen molar-refractivity contribution in [3.8, 4) is 0 Å². The third-order valence-electron chi connectivity index (χ3n) is 0. The number of hydrogen-bond donors (Lipinski definition) is 0. The van der Waals surface area contributed by atoms with Crippen LogP contribution in [0.2, 0.25) is 0 Å². The molecule has 0 heterocycles. The summed E-state index contributed by atoms with van der Waals surface area (Å²) in [4.78, 5) is 0. The van der Waals surface area contributed by atoms with E-state index >= 15 is 0 Å². The van der Waals surface area contributed by atoms with Crippen molar-refractivity contribution < 1.29 is 5.48 Å². The van der Waals surface area contributed by atoms with E-state index in [9.17, 15) is 0 Å². The quantitative estimate of drug-likeness (QED) is 0.501. The van der Waals surface area contributed by atoms with Crippen molar-refractivity contribution in [1.82, 2.24) is 0 Å². The molecule has 0 unspecified atom stereocenters. The summed E-state index contributed by atoms with van der Waals surface area (Å²) in [6.07, 6.45) is 0. The first-order chi connectivity index (χ1) is 2.00. The molecule has 0 aliphatic heterocycles. The summed E-state index contributed by atoms with van der Waals surface area (Å²) >= 11 is 13.3. The van der Waals surface area contributed by atoms with E-state index in [2.05, 4.69) is 50.8 Å². The summed E-state index contributed by atoms with van der Waals surface area (Å²) in [5, 5.41) is 0. The summed E-state index contributed by atoms with van der Waals surface area (Å²) in [6, 6.07) is 0. The first-order valence-corrected chi connectivity index (χ1v) is 26.3. The van der Waals surface area contributed by atoms with Crippen molar-refractivity contribution >= 4 is 60.3 Å². The number of halogens is 4. The van der Waals surface area contributed by atoms with Crippen LogP contribution in [0.15, 0.2) is 0 Å². The predicted octanol–water partition coefficient (Wildman–Crippen LogP) is 2.18. The van der Waals surface area contributed by atoms with Crippen LogP contribution < -0.4 is 0 Å². The van der Waals surface area contributed by atoms with Crippen LogP contribution in [-0.4, -0.2) is 15.0 Å². The summed E-state index contributed by atoms with van der Waals surface area (Å²) in [5.74, 6) is 0. The Balaban J connectivity index is 0. The van der Waals surface area contributed by atoms with Crippen molar-refractivity contribution in [3.05, 3.63) is 0 Å². The second-order valence-electron chi connectivity index (χ2n) is 0.429. The van der Waals surface area contributed by atoms with Gasteiger partial charge in [0.15, 0.2) is 0 Å². The van der Waals surface area contributed by atoms with Gasteiger partial charge in [0.1, 0.15) is 0 Å². The van der Waals surface area contributed by atoms with E-state index in [1.54, 1.807) is 0 Å². The minimum absolute atomic E-state index is 0. The average Bonchev–Trinajstić information content (AvgIpc) is 0.722. The van der Waals surface area contributed by atoms with Crippen LogP contribution >= 0.6 is 50.8 Å². The average molecular weight is 456 g/mol. The van der Waals surface area contributed by atoms with Gasteiger partial charge in [-0.2, -0.15) is 0 Å². The van der Waals surface area contributed by atoms with E-state index < -0.39 is 9.49 Å². The molecule has 0 aromatic carbocycles. The zero-order valence-electron chi connectivity index (χ0n) is 2.51. The fourth-order valence-corrected chi connectivity index (χ4v) is 0. The van der Waals surface area contributed by atoms with Crippen molar-refractivity contribution in [1.29, 1.82) is 0 Å². The molecule has 6 heteroatoms. The molecule has 0 bridgehead atoms. The summed E-state index contributed by atoms with van der Waals surface area (Å²) < 4.78 is 0. The first kappa shape index (κ1) is 11.5. The van der Waals surface area contributed by atoms with Gasteiger partial charge >= 0.3 is 60.3 Å². The molecule has 0 aromatic heterocycles. The molecule has 0 spiro atoms. The van der Waals surface area contributed by atoms with E-state index in [1.807, 2.05) is 0 Å². The van der Waals surface area contributed by atoms with Crippen LogP contribution in [0.25, 0.3) is 0 Å². The molecule has 0 rings (SSSR count). The molecule has 0 amide bonds. The van der Waals surface area contributed by atoms with Gasteiger partial charge in [0.25, 0.3) is 0 Å². The first-order valence-electron chi connectivity index (χ1n) is 0.756. The van der Waals surface area contributed by atoms with Gasteiger partial charge in [-0.15, -0.1) is 0 Å². The van der Waals surface area contributed by atoms with Gasteiger partial charge in [-0.05, 0) is 0 Å². The van der Waals surface area contributed by atoms with Crippen molar-refractivity contribution in [2.75, 3.05) is 0 Å². The second-order valence-corrected chi connectivity index (χ2v) is 77.6. The molecule has 0 fully saturated rings. The molecule has 2 N–H and O–H groups in total. The van der Waals surface area contributed by atoms with Gasteiger partial charge in [-0.25, -0.2) is 0 Å². The Bertz CT molecular complexity index is 23.0. The van der Waals surface area contributed by atoms with E-state index in [-0.39, 0.29) is 5.48 Å². The Hall–Kier alpha value is 2.68. The van der Waals surface area contributed by atoms with Gasteiger partial charge in [-0.3, -0.25) is 0 Å². The number of rotatable bonds is 0. The molecule has 0 atom stereocenters. The molecular formula is H2Br4OSn. The minimum atomic E-state index is -1.93. The summed E-state index contributed by atoms with van der Waals surface area (Å²) in [7, 11) is -1.93. The van der Waals surface area contributed by atoms with Crippen LogP contribution in [0.4, 0.5) is 0 Å². The second kappa shape index (κ2) is 4.55. The Morgan fingerprint density at radius 2 is 0.833 bits per heavy atom. The molecule has 0 aliphatic carbocycles. The molecule has 0 saturated heterocycles. The van der Waals surface area contributed by atoms with Crippen LogP contribution in [0.5, 0.6) is 0 Å². The fourth-order valence-electron chi connectivity index (χ4n) is 0. The molecular weight excluding hydrogens is 454 g/mol. The van der Waals surface area contributed by atoms with Crippen molar-refractivity contribution in [3.63, 3.8) is 0 Å². The standard InChI is InChI=1S/4BrH.H2O.Sn/h4*1H;1H2;/q;;;;;+4/p-4. The van der Waals surface area contributed by atoms with Crippen LogP contribution in [-0.2, 0) is 0 Å². The zero-order chi connectivity index (χ0) is 4.50. The number of hydrogen-bond acceptors (Lipinski definition) is 0.